The molecule has 0 radical (unpaired) electrons. The molecule has 47 heavy (non-hydrogen) atoms. The Labute approximate surface area is 274 Å². The molecule has 8 rings (SSSR count). The second-order valence-corrected chi connectivity index (χ2v) is 13.5. The first kappa shape index (κ1) is 32.1. The zero-order chi connectivity index (χ0) is 32.9. The Kier molecular flexibility index (Phi) is 8.81. The highest BCUT2D eigenvalue weighted by Crippen LogP contribution is 2.43. The van der Waals surface area contributed by atoms with Gasteiger partial charge in [0.1, 0.15) is 29.9 Å². The number of nitrogens with zero attached hydrogens (tertiary/aromatic N) is 4. The number of carbonyl (C=O) groups excluding carboxylic acids is 1. The van der Waals surface area contributed by atoms with Crippen LogP contribution in [-0.2, 0) is 16.0 Å². The summed E-state index contributed by atoms with van der Waals surface area (Å²) in [5.74, 6) is -2.83. The van der Waals surface area contributed by atoms with Gasteiger partial charge in [0.15, 0.2) is 11.6 Å². The van der Waals surface area contributed by atoms with Gasteiger partial charge in [-0.05, 0) is 61.9 Å². The highest BCUT2D eigenvalue weighted by molar-refractivity contribution is 6.32. The van der Waals surface area contributed by atoms with Crippen LogP contribution in [0, 0.1) is 23.4 Å². The first-order valence-corrected chi connectivity index (χ1v) is 16.6. The second kappa shape index (κ2) is 12.9. The Bertz CT molecular complexity index is 1720. The van der Waals surface area contributed by atoms with E-state index in [1.165, 1.54) is 12.1 Å². The van der Waals surface area contributed by atoms with Gasteiger partial charge in [-0.15, -0.1) is 0 Å². The number of rotatable bonds is 3. The highest BCUT2D eigenvalue weighted by Gasteiger charge is 2.49. The van der Waals surface area contributed by atoms with Crippen molar-refractivity contribution >= 4 is 39.9 Å². The van der Waals surface area contributed by atoms with Crippen LogP contribution in [0.2, 0.25) is 5.02 Å². The molecule has 5 aliphatic rings. The van der Waals surface area contributed by atoms with Crippen LogP contribution in [0.4, 0.5) is 29.1 Å². The molecule has 6 heterocycles. The predicted molar refractivity (Wildman–Crippen MR) is 170 cm³/mol. The van der Waals surface area contributed by atoms with E-state index in [4.69, 9.17) is 26.8 Å². The van der Waals surface area contributed by atoms with E-state index in [9.17, 15) is 13.6 Å². The third-order valence-electron chi connectivity index (χ3n) is 9.98. The number of amides is 1. The van der Waals surface area contributed by atoms with Crippen LogP contribution in [0.1, 0.15) is 44.1 Å². The van der Waals surface area contributed by atoms with Crippen LogP contribution in [0.25, 0.3) is 22.0 Å². The second-order valence-electron chi connectivity index (χ2n) is 13.2. The number of alkyl halides is 1. The number of nitrogens with one attached hydrogen (secondary N) is 1. The summed E-state index contributed by atoms with van der Waals surface area (Å²) >= 11 is 6.41. The Balaban J connectivity index is 1.39. The van der Waals surface area contributed by atoms with Gasteiger partial charge in [0.05, 0.1) is 35.0 Å². The molecule has 0 spiro atoms. The first-order chi connectivity index (χ1) is 22.6. The van der Waals surface area contributed by atoms with Crippen LogP contribution in [0.5, 0.6) is 6.01 Å². The molecule has 6 bridgehead atoms. The lowest BCUT2D eigenvalue weighted by atomic mass is 9.93. The lowest BCUT2D eigenvalue weighted by Gasteiger charge is -2.31. The number of halogens is 5. The van der Waals surface area contributed by atoms with E-state index in [1.807, 2.05) is 4.90 Å². The zero-order valence-electron chi connectivity index (χ0n) is 25.9. The zero-order valence-corrected chi connectivity index (χ0v) is 26.7. The molecule has 1 amide bonds. The van der Waals surface area contributed by atoms with Gasteiger partial charge >= 0.3 is 6.01 Å². The molecule has 5 aliphatic heterocycles. The monoisotopic (exact) mass is 676 g/mol. The molecular formula is C33H37ClF4N6O3. The molecule has 2 aromatic carbocycles. The Morgan fingerprint density at radius 1 is 1.11 bits per heavy atom. The fraction of sp³-hybridized carbons (Fsp3) is 0.545. The summed E-state index contributed by atoms with van der Waals surface area (Å²) in [5, 5.41) is 2.75. The molecule has 3 aromatic rings. The van der Waals surface area contributed by atoms with Gasteiger partial charge in [-0.1, -0.05) is 11.6 Å². The molecule has 3 N–H and O–H groups in total. The molecule has 14 heteroatoms. The largest absolute Gasteiger partial charge is 0.461 e. The number of hydrogen-bond donors (Lipinski definition) is 2. The van der Waals surface area contributed by atoms with Crippen molar-refractivity contribution in [2.45, 2.75) is 56.7 Å². The molecule has 1 aromatic heterocycles. The van der Waals surface area contributed by atoms with Gasteiger partial charge in [0.2, 0.25) is 5.91 Å². The number of anilines is 2. The number of fused-ring (bicyclic) bond motifs is 8. The van der Waals surface area contributed by atoms with Crippen LogP contribution >= 0.6 is 11.6 Å². The van der Waals surface area contributed by atoms with Crippen LogP contribution in [-0.4, -0.2) is 85.0 Å². The standard InChI is InChI=1S/C33H37ClF4N6O3/c34-27-20-4-1-2-5-25(45)40-13-18-14-43(8-9-46-16-18)31-22-10-23(36)26(21(20)11-24(39)28(27)37)29(38)30(22)41-32(42-31)47-17-33-6-3-7-44(33)15-19(35)12-33/h10-11,18-19H,1-9,12-17,39H2,(H,40,45). The van der Waals surface area contributed by atoms with E-state index in [0.717, 1.165) is 19.4 Å². The minimum absolute atomic E-state index is 0.00543. The number of carbonyl (C=O) groups is 1. The summed E-state index contributed by atoms with van der Waals surface area (Å²) in [5.41, 5.74) is 4.60. The summed E-state index contributed by atoms with van der Waals surface area (Å²) in [6.45, 7) is 2.98. The minimum Gasteiger partial charge on any atom is -0.461 e. The lowest BCUT2D eigenvalue weighted by molar-refractivity contribution is -0.121. The third-order valence-corrected chi connectivity index (χ3v) is 10.4. The SMILES string of the molecule is Nc1cc2c(c(Cl)c1F)CCCCC(=O)NCC1COCCN(C1)c1nc(OCC34CCCN3CC(F)C4)nc3c(F)c-2c(F)cc13. The topological polar surface area (TPSA) is 106 Å². The molecule has 3 unspecified atom stereocenters. The van der Waals surface area contributed by atoms with E-state index in [1.54, 1.807) is 0 Å². The van der Waals surface area contributed by atoms with Crippen LogP contribution < -0.4 is 20.7 Å². The normalized spacial score (nSPS) is 25.5. The quantitative estimate of drug-likeness (QED) is 0.288. The van der Waals surface area contributed by atoms with Gasteiger partial charge in [-0.2, -0.15) is 9.97 Å². The first-order valence-electron chi connectivity index (χ1n) is 16.2. The van der Waals surface area contributed by atoms with Crippen molar-refractivity contribution in [3.8, 4) is 17.1 Å². The third kappa shape index (κ3) is 6.06. The average molecular weight is 677 g/mol. The maximum absolute atomic E-state index is 16.8. The molecule has 3 saturated heterocycles. The predicted octanol–water partition coefficient (Wildman–Crippen LogP) is 5.20. The minimum atomic E-state index is -0.994. The Morgan fingerprint density at radius 3 is 2.79 bits per heavy atom. The smallest absolute Gasteiger partial charge is 0.319 e. The maximum Gasteiger partial charge on any atom is 0.319 e. The number of nitrogens with two attached hydrogens (primary N) is 1. The van der Waals surface area contributed by atoms with Gasteiger partial charge in [0.25, 0.3) is 0 Å². The summed E-state index contributed by atoms with van der Waals surface area (Å²) < 4.78 is 74.5. The number of ether oxygens (including phenoxy) is 2. The Hall–Kier alpha value is -3.42. The molecule has 9 nitrogen and oxygen atoms in total. The average Bonchev–Trinajstić information content (AvgIpc) is 3.45. The van der Waals surface area contributed by atoms with Crippen molar-refractivity contribution in [1.29, 1.82) is 0 Å². The lowest BCUT2D eigenvalue weighted by Crippen LogP contribution is -2.43. The number of benzene rings is 2. The van der Waals surface area contributed by atoms with E-state index in [-0.39, 0.29) is 75.8 Å². The molecular weight excluding hydrogens is 640 g/mol. The highest BCUT2D eigenvalue weighted by atomic mass is 35.5. The van der Waals surface area contributed by atoms with Crippen molar-refractivity contribution in [2.75, 3.05) is 63.2 Å². The van der Waals surface area contributed by atoms with Crippen molar-refractivity contribution in [3.05, 3.63) is 40.2 Å². The van der Waals surface area contributed by atoms with Crippen LogP contribution in [0.3, 0.4) is 0 Å². The summed E-state index contributed by atoms with van der Waals surface area (Å²) in [6.07, 6.45) is 2.24. The fourth-order valence-corrected chi connectivity index (χ4v) is 7.95. The van der Waals surface area contributed by atoms with Crippen molar-refractivity contribution in [3.63, 3.8) is 0 Å². The number of hydrogen-bond acceptors (Lipinski definition) is 8. The number of nitrogen functional groups attached to an aromatic ring is 1. The molecule has 3 fully saturated rings. The van der Waals surface area contributed by atoms with Gasteiger partial charge in [-0.25, -0.2) is 17.6 Å². The number of aromatic nitrogens is 2. The molecule has 0 aliphatic carbocycles. The fourth-order valence-electron chi connectivity index (χ4n) is 7.64. The van der Waals surface area contributed by atoms with Crippen molar-refractivity contribution in [1.82, 2.24) is 20.2 Å². The Morgan fingerprint density at radius 2 is 1.94 bits per heavy atom. The van der Waals surface area contributed by atoms with Gasteiger partial charge in [-0.3, -0.25) is 9.69 Å². The molecule has 3 atom stereocenters. The van der Waals surface area contributed by atoms with E-state index >= 15 is 8.78 Å². The van der Waals surface area contributed by atoms with E-state index in [2.05, 4.69) is 20.2 Å². The molecule has 0 saturated carbocycles. The summed E-state index contributed by atoms with van der Waals surface area (Å²) in [6, 6.07) is 2.23. The van der Waals surface area contributed by atoms with Crippen LogP contribution in [0.15, 0.2) is 12.1 Å². The molecule has 252 valence electrons. The maximum atomic E-state index is 16.8. The summed E-state index contributed by atoms with van der Waals surface area (Å²) in [4.78, 5) is 25.8. The summed E-state index contributed by atoms with van der Waals surface area (Å²) in [7, 11) is 0. The van der Waals surface area contributed by atoms with Gasteiger partial charge in [0, 0.05) is 50.3 Å². The van der Waals surface area contributed by atoms with Gasteiger partial charge < -0.3 is 25.4 Å². The van der Waals surface area contributed by atoms with Crippen molar-refractivity contribution < 1.29 is 31.8 Å². The van der Waals surface area contributed by atoms with E-state index in [0.29, 0.717) is 58.7 Å². The van der Waals surface area contributed by atoms with Crippen molar-refractivity contribution in [2.24, 2.45) is 5.92 Å². The van der Waals surface area contributed by atoms with E-state index < -0.39 is 34.7 Å².